The molecule has 0 aliphatic rings. The Morgan fingerprint density at radius 1 is 1.44 bits per heavy atom. The molecule has 0 fully saturated rings. The van der Waals surface area contributed by atoms with Gasteiger partial charge in [0.05, 0.1) is 12.8 Å². The average molecular weight is 252 g/mol. The fourth-order valence-corrected chi connectivity index (χ4v) is 1.39. The minimum atomic E-state index is -0.520. The van der Waals surface area contributed by atoms with Crippen molar-refractivity contribution in [1.82, 2.24) is 4.98 Å². The number of nitrogens with one attached hydrogen (secondary N) is 1. The van der Waals surface area contributed by atoms with E-state index in [9.17, 15) is 4.79 Å². The molecule has 0 saturated heterocycles. The van der Waals surface area contributed by atoms with Crippen LogP contribution in [-0.4, -0.2) is 23.8 Å². The van der Waals surface area contributed by atoms with E-state index in [1.54, 1.807) is 12.3 Å². The average Bonchev–Trinajstić information content (AvgIpc) is 2.26. The maximum absolute atomic E-state index is 11.7. The Kier molecular flexibility index (Phi) is 4.53. The molecule has 0 aromatic carbocycles. The van der Waals surface area contributed by atoms with Crippen LogP contribution in [0.2, 0.25) is 0 Å². The molecule has 0 spiro atoms. The van der Waals surface area contributed by atoms with Crippen LogP contribution in [-0.2, 0) is 11.2 Å². The molecular weight excluding hydrogens is 232 g/mol. The third kappa shape index (κ3) is 4.24. The molecule has 100 valence electrons. The number of hydrogen-bond acceptors (Lipinski definition) is 4. The number of hydrogen-bond donors (Lipinski definition) is 1. The minimum absolute atomic E-state index is 0.457. The Morgan fingerprint density at radius 3 is 2.61 bits per heavy atom. The van der Waals surface area contributed by atoms with Gasteiger partial charge in [0.2, 0.25) is 5.88 Å². The first-order valence-electron chi connectivity index (χ1n) is 5.88. The Hall–Kier alpha value is -1.78. The molecule has 1 rings (SSSR count). The van der Waals surface area contributed by atoms with Crippen LogP contribution in [0.25, 0.3) is 0 Å². The molecule has 1 amide bonds. The molecule has 1 N–H and O–H groups in total. The molecule has 1 heterocycles. The summed E-state index contributed by atoms with van der Waals surface area (Å²) in [6.07, 6.45) is 1.97. The molecule has 5 nitrogen and oxygen atoms in total. The zero-order chi connectivity index (χ0) is 13.8. The highest BCUT2D eigenvalue weighted by atomic mass is 16.6. The Balaban J connectivity index is 2.85. The van der Waals surface area contributed by atoms with Gasteiger partial charge in [-0.1, -0.05) is 6.92 Å². The highest BCUT2D eigenvalue weighted by Crippen LogP contribution is 2.21. The van der Waals surface area contributed by atoms with Crippen LogP contribution in [0.4, 0.5) is 10.5 Å². The summed E-state index contributed by atoms with van der Waals surface area (Å²) in [6.45, 7) is 7.45. The van der Waals surface area contributed by atoms with Crippen LogP contribution in [0.5, 0.6) is 5.88 Å². The minimum Gasteiger partial charge on any atom is -0.481 e. The molecule has 0 saturated carbocycles. The second kappa shape index (κ2) is 5.71. The van der Waals surface area contributed by atoms with E-state index in [1.807, 2.05) is 27.7 Å². The first-order chi connectivity index (χ1) is 8.35. The van der Waals surface area contributed by atoms with Crippen LogP contribution in [0.1, 0.15) is 33.3 Å². The summed E-state index contributed by atoms with van der Waals surface area (Å²) in [6, 6.07) is 1.68. The number of carbonyl (C=O) groups is 1. The third-order valence-electron chi connectivity index (χ3n) is 2.19. The highest BCUT2D eigenvalue weighted by Gasteiger charge is 2.17. The third-order valence-corrected chi connectivity index (χ3v) is 2.19. The van der Waals surface area contributed by atoms with Crippen LogP contribution in [0.3, 0.4) is 0 Å². The van der Waals surface area contributed by atoms with Crippen molar-refractivity contribution < 1.29 is 14.3 Å². The van der Waals surface area contributed by atoms with Crippen LogP contribution in [0, 0.1) is 0 Å². The van der Waals surface area contributed by atoms with Crippen molar-refractivity contribution in [2.24, 2.45) is 0 Å². The van der Waals surface area contributed by atoms with Gasteiger partial charge in [-0.25, -0.2) is 9.78 Å². The monoisotopic (exact) mass is 252 g/mol. The summed E-state index contributed by atoms with van der Waals surface area (Å²) >= 11 is 0. The zero-order valence-electron chi connectivity index (χ0n) is 11.5. The number of methoxy groups -OCH3 is 1. The molecule has 5 heteroatoms. The van der Waals surface area contributed by atoms with Gasteiger partial charge in [-0.3, -0.25) is 5.32 Å². The zero-order valence-corrected chi connectivity index (χ0v) is 11.5. The smallest absolute Gasteiger partial charge is 0.412 e. The van der Waals surface area contributed by atoms with E-state index in [-0.39, 0.29) is 0 Å². The summed E-state index contributed by atoms with van der Waals surface area (Å²) < 4.78 is 10.2. The van der Waals surface area contributed by atoms with Gasteiger partial charge in [0, 0.05) is 12.3 Å². The van der Waals surface area contributed by atoms with Crippen molar-refractivity contribution in [2.45, 2.75) is 39.7 Å². The Bertz CT molecular complexity index is 425. The molecule has 0 aliphatic carbocycles. The van der Waals surface area contributed by atoms with Crippen molar-refractivity contribution in [3.63, 3.8) is 0 Å². The van der Waals surface area contributed by atoms with Gasteiger partial charge < -0.3 is 9.47 Å². The molecule has 18 heavy (non-hydrogen) atoms. The molecule has 0 aliphatic heterocycles. The van der Waals surface area contributed by atoms with E-state index >= 15 is 0 Å². The van der Waals surface area contributed by atoms with Crippen molar-refractivity contribution >= 4 is 11.8 Å². The second-order valence-corrected chi connectivity index (χ2v) is 4.86. The van der Waals surface area contributed by atoms with E-state index in [0.717, 1.165) is 12.0 Å². The number of rotatable bonds is 3. The fraction of sp³-hybridized carbons (Fsp3) is 0.538. The first kappa shape index (κ1) is 14.3. The molecule has 1 aromatic heterocycles. The lowest BCUT2D eigenvalue weighted by molar-refractivity contribution is 0.0636. The van der Waals surface area contributed by atoms with Gasteiger partial charge >= 0.3 is 6.09 Å². The van der Waals surface area contributed by atoms with Gasteiger partial charge in [0.25, 0.3) is 0 Å². The van der Waals surface area contributed by atoms with Crippen LogP contribution < -0.4 is 10.1 Å². The number of anilines is 1. The van der Waals surface area contributed by atoms with Gasteiger partial charge in [-0.05, 0) is 32.8 Å². The molecule has 0 radical (unpaired) electrons. The lowest BCUT2D eigenvalue weighted by Gasteiger charge is -2.20. The number of carbonyl (C=O) groups excluding carboxylic acids is 1. The molecule has 0 unspecified atom stereocenters. The SMILES string of the molecule is CCc1cnc(OC)cc1NC(=O)OC(C)(C)C. The first-order valence-corrected chi connectivity index (χ1v) is 5.88. The summed E-state index contributed by atoms with van der Waals surface area (Å²) in [7, 11) is 1.53. The van der Waals surface area contributed by atoms with E-state index in [4.69, 9.17) is 9.47 Å². The van der Waals surface area contributed by atoms with E-state index in [1.165, 1.54) is 7.11 Å². The number of amides is 1. The maximum atomic E-state index is 11.7. The largest absolute Gasteiger partial charge is 0.481 e. The van der Waals surface area contributed by atoms with Crippen molar-refractivity contribution in [1.29, 1.82) is 0 Å². The predicted molar refractivity (Wildman–Crippen MR) is 70.0 cm³/mol. The molecule has 0 bridgehead atoms. The standard InChI is InChI=1S/C13H20N2O3/c1-6-9-8-14-11(17-5)7-10(9)15-12(16)18-13(2,3)4/h7-8H,6H2,1-5H3,(H,14,15,16). The van der Waals surface area contributed by atoms with Crippen molar-refractivity contribution in [3.05, 3.63) is 17.8 Å². The number of aromatic nitrogens is 1. The summed E-state index contributed by atoms with van der Waals surface area (Å²) in [4.78, 5) is 15.8. The number of pyridine rings is 1. The number of ether oxygens (including phenoxy) is 2. The van der Waals surface area contributed by atoms with Gasteiger partial charge in [-0.2, -0.15) is 0 Å². The molecular formula is C13H20N2O3. The van der Waals surface area contributed by atoms with Crippen LogP contribution >= 0.6 is 0 Å². The summed E-state index contributed by atoms with van der Waals surface area (Å²) in [5, 5.41) is 2.71. The van der Waals surface area contributed by atoms with E-state index in [2.05, 4.69) is 10.3 Å². The van der Waals surface area contributed by atoms with Gasteiger partial charge in [0.15, 0.2) is 0 Å². The van der Waals surface area contributed by atoms with Gasteiger partial charge in [0.1, 0.15) is 5.60 Å². The number of nitrogens with zero attached hydrogens (tertiary/aromatic N) is 1. The Labute approximate surface area is 108 Å². The quantitative estimate of drug-likeness (QED) is 0.898. The fourth-order valence-electron chi connectivity index (χ4n) is 1.39. The Morgan fingerprint density at radius 2 is 2.11 bits per heavy atom. The lowest BCUT2D eigenvalue weighted by Crippen LogP contribution is -2.27. The predicted octanol–water partition coefficient (Wildman–Crippen LogP) is 3.00. The van der Waals surface area contributed by atoms with E-state index < -0.39 is 11.7 Å². The van der Waals surface area contributed by atoms with Crippen molar-refractivity contribution in [2.75, 3.05) is 12.4 Å². The topological polar surface area (TPSA) is 60.5 Å². The van der Waals surface area contributed by atoms with Crippen LogP contribution in [0.15, 0.2) is 12.3 Å². The van der Waals surface area contributed by atoms with E-state index in [0.29, 0.717) is 11.6 Å². The normalized spacial score (nSPS) is 10.9. The number of aryl methyl sites for hydroxylation is 1. The molecule has 0 atom stereocenters. The lowest BCUT2D eigenvalue weighted by atomic mass is 10.2. The van der Waals surface area contributed by atoms with Crippen molar-refractivity contribution in [3.8, 4) is 5.88 Å². The van der Waals surface area contributed by atoms with Gasteiger partial charge in [-0.15, -0.1) is 0 Å². The summed E-state index contributed by atoms with van der Waals surface area (Å²) in [5.41, 5.74) is 1.08. The highest BCUT2D eigenvalue weighted by molar-refractivity contribution is 5.86. The molecule has 1 aromatic rings. The maximum Gasteiger partial charge on any atom is 0.412 e. The second-order valence-electron chi connectivity index (χ2n) is 4.86. The summed E-state index contributed by atoms with van der Waals surface area (Å²) in [5.74, 6) is 0.457.